The first kappa shape index (κ1) is 25.4. The molecule has 0 N–H and O–H groups in total. The fraction of sp³-hybridized carbons (Fsp3) is 0.414. The van der Waals surface area contributed by atoms with Crippen LogP contribution in [0.2, 0.25) is 0 Å². The molecule has 0 spiro atoms. The van der Waals surface area contributed by atoms with Gasteiger partial charge in [-0.3, -0.25) is 9.69 Å². The lowest BCUT2D eigenvalue weighted by Gasteiger charge is -2.38. The van der Waals surface area contributed by atoms with Crippen molar-refractivity contribution in [3.8, 4) is 5.75 Å². The van der Waals surface area contributed by atoms with E-state index in [0.717, 1.165) is 80.9 Å². The first-order valence-corrected chi connectivity index (χ1v) is 13.9. The van der Waals surface area contributed by atoms with Crippen molar-refractivity contribution >= 4 is 28.6 Å². The number of hydrogen-bond acceptors (Lipinski definition) is 7. The molecule has 2 saturated heterocycles. The highest BCUT2D eigenvalue weighted by atomic mass is 32.1. The Morgan fingerprint density at radius 3 is 2.73 bits per heavy atom. The van der Waals surface area contributed by atoms with Crippen molar-refractivity contribution in [2.24, 2.45) is 5.92 Å². The second kappa shape index (κ2) is 12.3. The highest BCUT2D eigenvalue weighted by Crippen LogP contribution is 2.27. The number of benzene rings is 2. The summed E-state index contributed by atoms with van der Waals surface area (Å²) in [5, 5.41) is 0.922. The zero-order chi connectivity index (χ0) is 25.5. The predicted molar refractivity (Wildman–Crippen MR) is 149 cm³/mol. The van der Waals surface area contributed by atoms with Gasteiger partial charge in [0.1, 0.15) is 11.6 Å². The Bertz CT molecular complexity index is 1190. The van der Waals surface area contributed by atoms with Crippen molar-refractivity contribution in [3.63, 3.8) is 0 Å². The van der Waals surface area contributed by atoms with Crippen molar-refractivity contribution in [1.29, 1.82) is 0 Å². The molecule has 1 unspecified atom stereocenters. The van der Waals surface area contributed by atoms with Crippen LogP contribution < -0.4 is 9.64 Å². The van der Waals surface area contributed by atoms with Crippen molar-refractivity contribution in [3.05, 3.63) is 77.6 Å². The summed E-state index contributed by atoms with van der Waals surface area (Å²) in [6.07, 6.45) is 7.02. The van der Waals surface area contributed by atoms with Gasteiger partial charge < -0.3 is 14.5 Å². The van der Waals surface area contributed by atoms with Gasteiger partial charge in [-0.2, -0.15) is 4.37 Å². The summed E-state index contributed by atoms with van der Waals surface area (Å²) in [6, 6.07) is 18.4. The molecule has 3 aromatic rings. The molecule has 1 amide bonds. The largest absolute Gasteiger partial charge is 0.497 e. The fourth-order valence-electron chi connectivity index (χ4n) is 5.07. The van der Waals surface area contributed by atoms with Gasteiger partial charge in [-0.1, -0.05) is 54.6 Å². The molecule has 0 radical (unpaired) electrons. The van der Waals surface area contributed by atoms with Crippen LogP contribution in [-0.4, -0.2) is 78.0 Å². The zero-order valence-electron chi connectivity index (χ0n) is 21.5. The second-order valence-electron chi connectivity index (χ2n) is 9.75. The van der Waals surface area contributed by atoms with Gasteiger partial charge in [0.2, 0.25) is 11.0 Å². The number of rotatable bonds is 8. The van der Waals surface area contributed by atoms with Crippen LogP contribution in [-0.2, 0) is 11.2 Å². The highest BCUT2D eigenvalue weighted by Gasteiger charge is 2.32. The molecule has 3 heterocycles. The summed E-state index contributed by atoms with van der Waals surface area (Å²) in [5.41, 5.74) is 2.35. The minimum absolute atomic E-state index is 0.0315. The molecule has 2 aliphatic rings. The Morgan fingerprint density at radius 2 is 1.92 bits per heavy atom. The minimum Gasteiger partial charge on any atom is -0.497 e. The molecular weight excluding hydrogens is 482 g/mol. The molecule has 7 nitrogen and oxygen atoms in total. The molecule has 8 heteroatoms. The normalized spacial score (nSPS) is 18.9. The summed E-state index contributed by atoms with van der Waals surface area (Å²) in [5.74, 6) is 1.99. The van der Waals surface area contributed by atoms with Crippen LogP contribution in [0.5, 0.6) is 5.75 Å². The van der Waals surface area contributed by atoms with E-state index in [2.05, 4.69) is 61.6 Å². The molecule has 2 aliphatic heterocycles. The van der Waals surface area contributed by atoms with Crippen molar-refractivity contribution in [2.75, 3.05) is 57.8 Å². The number of carbonyl (C=O) groups excluding carboxylic acids is 1. The first-order valence-electron chi connectivity index (χ1n) is 13.1. The highest BCUT2D eigenvalue weighted by molar-refractivity contribution is 7.09. The fourth-order valence-corrected chi connectivity index (χ4v) is 5.79. The lowest BCUT2D eigenvalue weighted by atomic mass is 9.96. The summed E-state index contributed by atoms with van der Waals surface area (Å²) < 4.78 is 9.92. The Labute approximate surface area is 223 Å². The number of ether oxygens (including phenoxy) is 1. The number of amides is 1. The maximum Gasteiger partial charge on any atom is 0.227 e. The summed E-state index contributed by atoms with van der Waals surface area (Å²) in [4.78, 5) is 24.9. The van der Waals surface area contributed by atoms with Crippen LogP contribution in [0.4, 0.5) is 5.13 Å². The topological polar surface area (TPSA) is 61.8 Å². The Morgan fingerprint density at radius 1 is 1.08 bits per heavy atom. The van der Waals surface area contributed by atoms with Gasteiger partial charge in [-0.25, -0.2) is 4.98 Å². The first-order chi connectivity index (χ1) is 18.2. The monoisotopic (exact) mass is 517 g/mol. The van der Waals surface area contributed by atoms with Gasteiger partial charge in [0.15, 0.2) is 0 Å². The number of hydrogen-bond donors (Lipinski definition) is 0. The standard InChI is InChI=1S/C29H35N5O2S/c1-36-26-13-5-10-24(20-26)21-27-30-29(37-31-27)34-15-7-12-25(22-34)28(35)33-18-16-32(17-19-33)14-6-11-23-8-3-2-4-9-23/h2-6,8-11,13,20,25H,7,12,14-19,21-22H2,1H3/b11-6+. The number of methoxy groups -OCH3 is 1. The maximum absolute atomic E-state index is 13.4. The van der Waals surface area contributed by atoms with E-state index >= 15 is 0 Å². The third-order valence-electron chi connectivity index (χ3n) is 7.15. The van der Waals surface area contributed by atoms with Crippen molar-refractivity contribution in [1.82, 2.24) is 19.2 Å². The van der Waals surface area contributed by atoms with E-state index < -0.39 is 0 Å². The average molecular weight is 518 g/mol. The number of nitrogens with zero attached hydrogens (tertiary/aromatic N) is 5. The second-order valence-corrected chi connectivity index (χ2v) is 10.5. The van der Waals surface area contributed by atoms with Gasteiger partial charge in [-0.15, -0.1) is 0 Å². The molecule has 0 saturated carbocycles. The van der Waals surface area contributed by atoms with Crippen LogP contribution in [0.3, 0.4) is 0 Å². The molecule has 194 valence electrons. The van der Waals surface area contributed by atoms with Gasteiger partial charge >= 0.3 is 0 Å². The Kier molecular flexibility index (Phi) is 8.48. The molecule has 1 aromatic heterocycles. The Balaban J connectivity index is 1.11. The maximum atomic E-state index is 13.4. The molecule has 37 heavy (non-hydrogen) atoms. The number of carbonyl (C=O) groups is 1. The number of piperazine rings is 1. The van der Waals surface area contributed by atoms with Crippen LogP contribution in [0.15, 0.2) is 60.7 Å². The molecule has 0 aliphatic carbocycles. The quantitative estimate of drug-likeness (QED) is 0.446. The van der Waals surface area contributed by atoms with E-state index in [1.807, 2.05) is 24.3 Å². The molecule has 1 atom stereocenters. The minimum atomic E-state index is 0.0315. The third kappa shape index (κ3) is 6.76. The lowest BCUT2D eigenvalue weighted by Crippen LogP contribution is -2.52. The Hall–Kier alpha value is -3.23. The summed E-state index contributed by atoms with van der Waals surface area (Å²) in [6.45, 7) is 6.03. The van der Waals surface area contributed by atoms with Crippen LogP contribution in [0.25, 0.3) is 6.08 Å². The van der Waals surface area contributed by atoms with Gasteiger partial charge in [0, 0.05) is 63.8 Å². The van der Waals surface area contributed by atoms with Gasteiger partial charge in [-0.05, 0) is 36.1 Å². The van der Waals surface area contributed by atoms with Gasteiger partial charge in [0.25, 0.3) is 0 Å². The number of piperidine rings is 1. The van der Waals surface area contributed by atoms with E-state index in [-0.39, 0.29) is 5.92 Å². The molecule has 2 fully saturated rings. The van der Waals surface area contributed by atoms with E-state index in [1.54, 1.807) is 7.11 Å². The lowest BCUT2D eigenvalue weighted by molar-refractivity contribution is -0.137. The molecule has 5 rings (SSSR count). The van der Waals surface area contributed by atoms with Crippen LogP contribution in [0.1, 0.15) is 29.8 Å². The van der Waals surface area contributed by atoms with E-state index in [0.29, 0.717) is 12.3 Å². The van der Waals surface area contributed by atoms with Crippen LogP contribution >= 0.6 is 11.5 Å². The number of aromatic nitrogens is 2. The molecule has 2 aromatic carbocycles. The van der Waals surface area contributed by atoms with E-state index in [1.165, 1.54) is 17.1 Å². The van der Waals surface area contributed by atoms with Crippen molar-refractivity contribution in [2.45, 2.75) is 19.3 Å². The van der Waals surface area contributed by atoms with Crippen molar-refractivity contribution < 1.29 is 9.53 Å². The van der Waals surface area contributed by atoms with Gasteiger partial charge in [0.05, 0.1) is 13.0 Å². The predicted octanol–water partition coefficient (Wildman–Crippen LogP) is 4.21. The SMILES string of the molecule is COc1cccc(Cc2nsc(N3CCCC(C(=O)N4CCN(C/C=C/c5ccccc5)CC4)C3)n2)c1. The smallest absolute Gasteiger partial charge is 0.227 e. The summed E-state index contributed by atoms with van der Waals surface area (Å²) >= 11 is 1.44. The molecule has 0 bridgehead atoms. The summed E-state index contributed by atoms with van der Waals surface area (Å²) in [7, 11) is 1.68. The number of anilines is 1. The average Bonchev–Trinajstić information content (AvgIpc) is 3.42. The van der Waals surface area contributed by atoms with E-state index in [9.17, 15) is 4.79 Å². The van der Waals surface area contributed by atoms with Crippen LogP contribution in [0, 0.1) is 5.92 Å². The van der Waals surface area contributed by atoms with E-state index in [4.69, 9.17) is 9.72 Å². The zero-order valence-corrected chi connectivity index (χ0v) is 22.3. The third-order valence-corrected chi connectivity index (χ3v) is 7.97. The molecular formula is C29H35N5O2S.